The van der Waals surface area contributed by atoms with Crippen molar-refractivity contribution in [3.05, 3.63) is 70.7 Å². The summed E-state index contributed by atoms with van der Waals surface area (Å²) in [6, 6.07) is 12.2. The summed E-state index contributed by atoms with van der Waals surface area (Å²) in [5.74, 6) is 1.01. The fraction of sp³-hybridized carbons (Fsp3) is 0.360. The van der Waals surface area contributed by atoms with E-state index in [1.807, 2.05) is 19.1 Å². The first-order chi connectivity index (χ1) is 14.7. The van der Waals surface area contributed by atoms with Crippen LogP contribution in [0.15, 0.2) is 47.0 Å². The number of aromatic nitrogens is 1. The first-order valence-electron chi connectivity index (χ1n) is 10.5. The van der Waals surface area contributed by atoms with Gasteiger partial charge in [-0.3, -0.25) is 4.79 Å². The molecule has 2 aromatic carbocycles. The fourth-order valence-electron chi connectivity index (χ4n) is 3.86. The van der Waals surface area contributed by atoms with Gasteiger partial charge in [0.2, 0.25) is 0 Å². The molecule has 0 saturated heterocycles. The number of hydrogen-bond donors (Lipinski definition) is 0. The predicted octanol–water partition coefficient (Wildman–Crippen LogP) is 5.05. The molecule has 0 unspecified atom stereocenters. The highest BCUT2D eigenvalue weighted by Crippen LogP contribution is 2.33. The van der Waals surface area contributed by atoms with Crippen molar-refractivity contribution in [2.24, 2.45) is 0 Å². The zero-order chi connectivity index (χ0) is 22.2. The van der Waals surface area contributed by atoms with Gasteiger partial charge in [-0.15, -0.1) is 0 Å². The molecule has 0 fully saturated rings. The zero-order valence-corrected chi connectivity index (χ0v) is 18.4. The highest BCUT2D eigenvalue weighted by molar-refractivity contribution is 5.78. The van der Waals surface area contributed by atoms with Gasteiger partial charge in [-0.1, -0.05) is 43.6 Å². The van der Waals surface area contributed by atoms with E-state index in [9.17, 15) is 9.18 Å². The lowest BCUT2D eigenvalue weighted by molar-refractivity contribution is -0.134. The SMILES string of the molecule is Cc1ccc(OCC(=O)N2CCc3c(noc3-c3ccc(F)cc3)C2)c(C(C)(C)C)c1. The van der Waals surface area contributed by atoms with Gasteiger partial charge in [0.15, 0.2) is 12.4 Å². The maximum absolute atomic E-state index is 13.2. The molecule has 162 valence electrons. The fourth-order valence-corrected chi connectivity index (χ4v) is 3.86. The third-order valence-corrected chi connectivity index (χ3v) is 5.60. The van der Waals surface area contributed by atoms with E-state index in [1.54, 1.807) is 17.0 Å². The first kappa shape index (κ1) is 21.1. The van der Waals surface area contributed by atoms with Gasteiger partial charge in [0.1, 0.15) is 17.3 Å². The summed E-state index contributed by atoms with van der Waals surface area (Å²) in [4.78, 5) is 14.6. The molecule has 31 heavy (non-hydrogen) atoms. The molecule has 5 nitrogen and oxygen atoms in total. The highest BCUT2D eigenvalue weighted by atomic mass is 19.1. The largest absolute Gasteiger partial charge is 0.483 e. The van der Waals surface area contributed by atoms with E-state index in [0.29, 0.717) is 25.3 Å². The maximum atomic E-state index is 13.2. The molecule has 2 heterocycles. The van der Waals surface area contributed by atoms with Crippen LogP contribution >= 0.6 is 0 Å². The van der Waals surface area contributed by atoms with Crippen LogP contribution in [0.3, 0.4) is 0 Å². The Morgan fingerprint density at radius 3 is 2.65 bits per heavy atom. The third-order valence-electron chi connectivity index (χ3n) is 5.60. The number of fused-ring (bicyclic) bond motifs is 1. The van der Waals surface area contributed by atoms with Crippen LogP contribution in [0.4, 0.5) is 4.39 Å². The number of carbonyl (C=O) groups excluding carboxylic acids is 1. The summed E-state index contributed by atoms with van der Waals surface area (Å²) >= 11 is 0. The Labute approximate surface area is 181 Å². The van der Waals surface area contributed by atoms with Crippen LogP contribution in [0.5, 0.6) is 5.75 Å². The number of amides is 1. The molecular formula is C25H27FN2O3. The van der Waals surface area contributed by atoms with E-state index in [1.165, 1.54) is 12.1 Å². The minimum Gasteiger partial charge on any atom is -0.483 e. The van der Waals surface area contributed by atoms with Crippen LogP contribution < -0.4 is 4.74 Å². The predicted molar refractivity (Wildman–Crippen MR) is 116 cm³/mol. The summed E-state index contributed by atoms with van der Waals surface area (Å²) in [6.07, 6.45) is 0.634. The molecule has 4 rings (SSSR count). The quantitative estimate of drug-likeness (QED) is 0.590. The molecule has 6 heteroatoms. The van der Waals surface area contributed by atoms with Gasteiger partial charge >= 0.3 is 0 Å². The topological polar surface area (TPSA) is 55.6 Å². The van der Waals surface area contributed by atoms with Crippen LogP contribution in [-0.2, 0) is 23.2 Å². The van der Waals surface area contributed by atoms with Crippen LogP contribution in [-0.4, -0.2) is 29.1 Å². The monoisotopic (exact) mass is 422 g/mol. The molecule has 0 aliphatic carbocycles. The van der Waals surface area contributed by atoms with Crippen molar-refractivity contribution < 1.29 is 18.4 Å². The van der Waals surface area contributed by atoms with Crippen molar-refractivity contribution in [3.8, 4) is 17.1 Å². The van der Waals surface area contributed by atoms with Crippen molar-refractivity contribution in [1.29, 1.82) is 0 Å². The summed E-state index contributed by atoms with van der Waals surface area (Å²) in [5, 5.41) is 4.16. The number of nitrogens with zero attached hydrogens (tertiary/aromatic N) is 2. The van der Waals surface area contributed by atoms with Crippen molar-refractivity contribution >= 4 is 5.91 Å². The van der Waals surface area contributed by atoms with E-state index < -0.39 is 0 Å². The molecule has 0 atom stereocenters. The first-order valence-corrected chi connectivity index (χ1v) is 10.5. The molecule has 1 aromatic heterocycles. The van der Waals surface area contributed by atoms with E-state index in [2.05, 4.69) is 32.0 Å². The third kappa shape index (κ3) is 4.48. The second-order valence-corrected chi connectivity index (χ2v) is 9.05. The Morgan fingerprint density at radius 2 is 1.94 bits per heavy atom. The van der Waals surface area contributed by atoms with Crippen molar-refractivity contribution in [3.63, 3.8) is 0 Å². The molecule has 3 aromatic rings. The molecule has 0 radical (unpaired) electrons. The van der Waals surface area contributed by atoms with Gasteiger partial charge in [0.25, 0.3) is 5.91 Å². The molecule has 1 aliphatic rings. The number of aryl methyl sites for hydroxylation is 1. The summed E-state index contributed by atoms with van der Waals surface area (Å²) in [6.45, 7) is 9.36. The highest BCUT2D eigenvalue weighted by Gasteiger charge is 2.28. The number of ether oxygens (including phenoxy) is 1. The molecular weight excluding hydrogens is 395 g/mol. The number of rotatable bonds is 4. The molecule has 0 saturated carbocycles. The van der Waals surface area contributed by atoms with E-state index in [4.69, 9.17) is 9.26 Å². The smallest absolute Gasteiger partial charge is 0.260 e. The average Bonchev–Trinajstić information content (AvgIpc) is 3.15. The Kier molecular flexibility index (Phi) is 5.56. The number of halogens is 1. The Bertz CT molecular complexity index is 1100. The van der Waals surface area contributed by atoms with Gasteiger partial charge in [0.05, 0.1) is 6.54 Å². The van der Waals surface area contributed by atoms with Gasteiger partial charge in [-0.2, -0.15) is 0 Å². The lowest BCUT2D eigenvalue weighted by Gasteiger charge is -2.27. The van der Waals surface area contributed by atoms with E-state index in [-0.39, 0.29) is 23.7 Å². The number of carbonyl (C=O) groups is 1. The molecule has 0 spiro atoms. The van der Waals surface area contributed by atoms with Crippen LogP contribution in [0, 0.1) is 12.7 Å². The van der Waals surface area contributed by atoms with E-state index in [0.717, 1.165) is 33.7 Å². The van der Waals surface area contributed by atoms with Gasteiger partial charge in [-0.25, -0.2) is 4.39 Å². The Balaban J connectivity index is 1.44. The molecule has 1 amide bonds. The summed E-state index contributed by atoms with van der Waals surface area (Å²) in [7, 11) is 0. The Morgan fingerprint density at radius 1 is 1.19 bits per heavy atom. The zero-order valence-electron chi connectivity index (χ0n) is 18.4. The minimum atomic E-state index is -0.294. The normalized spacial score (nSPS) is 13.8. The van der Waals surface area contributed by atoms with Crippen LogP contribution in [0.1, 0.15) is 43.2 Å². The summed E-state index contributed by atoms with van der Waals surface area (Å²) < 4.78 is 24.7. The number of hydrogen-bond acceptors (Lipinski definition) is 4. The van der Waals surface area contributed by atoms with Crippen LogP contribution in [0.25, 0.3) is 11.3 Å². The lowest BCUT2D eigenvalue weighted by atomic mass is 9.85. The van der Waals surface area contributed by atoms with Gasteiger partial charge < -0.3 is 14.2 Å². The lowest BCUT2D eigenvalue weighted by Crippen LogP contribution is -2.39. The standard InChI is InChI=1S/C25H27FN2O3/c1-16-5-10-22(20(13-16)25(2,3)4)30-15-23(29)28-12-11-19-21(14-28)27-31-24(19)17-6-8-18(26)9-7-17/h5-10,13H,11-12,14-15H2,1-4H3. The molecule has 1 aliphatic heterocycles. The van der Waals surface area contributed by atoms with E-state index >= 15 is 0 Å². The van der Waals surface area contributed by atoms with Gasteiger partial charge in [0, 0.05) is 17.7 Å². The summed E-state index contributed by atoms with van der Waals surface area (Å²) in [5.41, 5.74) is 4.67. The van der Waals surface area contributed by atoms with Gasteiger partial charge in [-0.05, 0) is 54.7 Å². The van der Waals surface area contributed by atoms with Crippen molar-refractivity contribution in [2.75, 3.05) is 13.2 Å². The maximum Gasteiger partial charge on any atom is 0.260 e. The minimum absolute atomic E-state index is 0.0237. The second-order valence-electron chi connectivity index (χ2n) is 9.05. The second kappa shape index (κ2) is 8.17. The van der Waals surface area contributed by atoms with Crippen LogP contribution in [0.2, 0.25) is 0 Å². The molecule has 0 N–H and O–H groups in total. The Hall–Kier alpha value is -3.15. The molecule has 0 bridgehead atoms. The number of benzene rings is 2. The van der Waals surface area contributed by atoms with Crippen molar-refractivity contribution in [2.45, 2.75) is 46.1 Å². The average molecular weight is 423 g/mol. The van der Waals surface area contributed by atoms with Crippen molar-refractivity contribution in [1.82, 2.24) is 10.1 Å².